The van der Waals surface area contributed by atoms with Gasteiger partial charge in [0.15, 0.2) is 0 Å². The molecule has 14 heavy (non-hydrogen) atoms. The van der Waals surface area contributed by atoms with Gasteiger partial charge in [0.2, 0.25) is 0 Å². The normalized spacial score (nSPS) is 32.6. The van der Waals surface area contributed by atoms with E-state index < -0.39 is 0 Å². The highest BCUT2D eigenvalue weighted by molar-refractivity contribution is 4.87. The summed E-state index contributed by atoms with van der Waals surface area (Å²) >= 11 is 0. The number of nitrogens with zero attached hydrogens (tertiary/aromatic N) is 1. The molecule has 2 atom stereocenters. The summed E-state index contributed by atoms with van der Waals surface area (Å²) in [7, 11) is 0. The molecule has 2 N–H and O–H groups in total. The van der Waals surface area contributed by atoms with Crippen molar-refractivity contribution in [3.05, 3.63) is 0 Å². The Kier molecular flexibility index (Phi) is 3.42. The van der Waals surface area contributed by atoms with Crippen LogP contribution in [0.5, 0.6) is 0 Å². The highest BCUT2D eigenvalue weighted by Gasteiger charge is 2.33. The van der Waals surface area contributed by atoms with Crippen LogP contribution in [0.4, 0.5) is 0 Å². The van der Waals surface area contributed by atoms with E-state index in [0.717, 1.165) is 31.5 Å². The van der Waals surface area contributed by atoms with Crippen LogP contribution in [0.15, 0.2) is 0 Å². The van der Waals surface area contributed by atoms with E-state index in [2.05, 4.69) is 11.8 Å². The zero-order chi connectivity index (χ0) is 9.97. The van der Waals surface area contributed by atoms with Crippen molar-refractivity contribution in [2.75, 3.05) is 26.2 Å². The van der Waals surface area contributed by atoms with Crippen molar-refractivity contribution in [3.8, 4) is 0 Å². The summed E-state index contributed by atoms with van der Waals surface area (Å²) in [4.78, 5) is 2.57. The molecular formula is C11H22N2O. The van der Waals surface area contributed by atoms with Gasteiger partial charge >= 0.3 is 0 Å². The van der Waals surface area contributed by atoms with Gasteiger partial charge in [-0.3, -0.25) is 4.90 Å². The summed E-state index contributed by atoms with van der Waals surface area (Å²) in [6, 6.07) is 0.741. The standard InChI is InChI=1S/C11H22N2O/c1-9(10-3-4-10)13-5-2-6-14-11(7-12)8-13/h9-11H,2-8,12H2,1H3. The minimum Gasteiger partial charge on any atom is -0.376 e. The molecule has 0 aromatic carbocycles. The molecule has 0 aromatic heterocycles. The predicted octanol–water partition coefficient (Wildman–Crippen LogP) is 0.835. The molecule has 1 aliphatic carbocycles. The molecule has 1 heterocycles. The highest BCUT2D eigenvalue weighted by Crippen LogP contribution is 2.35. The Balaban J connectivity index is 1.88. The van der Waals surface area contributed by atoms with Crippen LogP contribution in [0.3, 0.4) is 0 Å². The van der Waals surface area contributed by atoms with Crippen molar-refractivity contribution < 1.29 is 4.74 Å². The van der Waals surface area contributed by atoms with Crippen LogP contribution in [-0.4, -0.2) is 43.3 Å². The summed E-state index contributed by atoms with van der Waals surface area (Å²) < 4.78 is 5.67. The first-order valence-corrected chi connectivity index (χ1v) is 5.87. The molecule has 1 saturated carbocycles. The van der Waals surface area contributed by atoms with Crippen LogP contribution in [0.2, 0.25) is 0 Å². The van der Waals surface area contributed by atoms with E-state index in [9.17, 15) is 0 Å². The van der Waals surface area contributed by atoms with Gasteiger partial charge in [0.25, 0.3) is 0 Å². The molecule has 0 aromatic rings. The first-order chi connectivity index (χ1) is 6.81. The Morgan fingerprint density at radius 2 is 2.29 bits per heavy atom. The van der Waals surface area contributed by atoms with Gasteiger partial charge in [0, 0.05) is 32.3 Å². The summed E-state index contributed by atoms with van der Waals surface area (Å²) in [6.07, 6.45) is 4.27. The van der Waals surface area contributed by atoms with E-state index in [1.54, 1.807) is 0 Å². The van der Waals surface area contributed by atoms with Gasteiger partial charge in [-0.15, -0.1) is 0 Å². The highest BCUT2D eigenvalue weighted by atomic mass is 16.5. The van der Waals surface area contributed by atoms with Gasteiger partial charge in [-0.05, 0) is 32.1 Å². The average Bonchev–Trinajstić information content (AvgIpc) is 3.03. The maximum Gasteiger partial charge on any atom is 0.0824 e. The molecule has 2 aliphatic rings. The van der Waals surface area contributed by atoms with E-state index in [4.69, 9.17) is 10.5 Å². The molecule has 2 fully saturated rings. The maximum absolute atomic E-state index is 5.68. The number of ether oxygens (including phenoxy) is 1. The maximum atomic E-state index is 5.68. The van der Waals surface area contributed by atoms with Crippen molar-refractivity contribution in [1.29, 1.82) is 0 Å². The largest absolute Gasteiger partial charge is 0.376 e. The van der Waals surface area contributed by atoms with Gasteiger partial charge in [-0.1, -0.05) is 0 Å². The second kappa shape index (κ2) is 4.60. The predicted molar refractivity (Wildman–Crippen MR) is 57.2 cm³/mol. The van der Waals surface area contributed by atoms with Crippen LogP contribution in [0.1, 0.15) is 26.2 Å². The van der Waals surface area contributed by atoms with Crippen LogP contribution in [0.25, 0.3) is 0 Å². The molecule has 1 aliphatic heterocycles. The Labute approximate surface area is 86.6 Å². The Morgan fingerprint density at radius 3 is 2.93 bits per heavy atom. The summed E-state index contributed by atoms with van der Waals surface area (Å²) in [5.41, 5.74) is 5.68. The lowest BCUT2D eigenvalue weighted by Gasteiger charge is -2.29. The van der Waals surface area contributed by atoms with Crippen LogP contribution >= 0.6 is 0 Å². The minimum absolute atomic E-state index is 0.263. The summed E-state index contributed by atoms with van der Waals surface area (Å²) in [6.45, 7) is 6.13. The van der Waals surface area contributed by atoms with Gasteiger partial charge in [0.05, 0.1) is 6.10 Å². The van der Waals surface area contributed by atoms with E-state index >= 15 is 0 Å². The van der Waals surface area contributed by atoms with Crippen molar-refractivity contribution >= 4 is 0 Å². The molecule has 0 spiro atoms. The third-order valence-corrected chi connectivity index (χ3v) is 3.52. The summed E-state index contributed by atoms with van der Waals surface area (Å²) in [5, 5.41) is 0. The Hall–Kier alpha value is -0.120. The third-order valence-electron chi connectivity index (χ3n) is 3.52. The Morgan fingerprint density at radius 1 is 1.50 bits per heavy atom. The van der Waals surface area contributed by atoms with Crippen LogP contribution in [-0.2, 0) is 4.74 Å². The fourth-order valence-corrected chi connectivity index (χ4v) is 2.31. The second-order valence-electron chi connectivity index (χ2n) is 4.66. The fraction of sp³-hybridized carbons (Fsp3) is 1.00. The molecule has 2 unspecified atom stereocenters. The number of hydrogen-bond donors (Lipinski definition) is 1. The molecule has 2 rings (SSSR count). The van der Waals surface area contributed by atoms with E-state index in [-0.39, 0.29) is 6.10 Å². The van der Waals surface area contributed by atoms with E-state index in [0.29, 0.717) is 6.54 Å². The van der Waals surface area contributed by atoms with Crippen molar-refractivity contribution in [2.24, 2.45) is 11.7 Å². The third kappa shape index (κ3) is 2.47. The zero-order valence-electron chi connectivity index (χ0n) is 9.11. The van der Waals surface area contributed by atoms with Gasteiger partial charge in [-0.2, -0.15) is 0 Å². The van der Waals surface area contributed by atoms with Crippen molar-refractivity contribution in [1.82, 2.24) is 4.90 Å². The molecular weight excluding hydrogens is 176 g/mol. The van der Waals surface area contributed by atoms with E-state index in [1.165, 1.54) is 19.4 Å². The number of nitrogens with two attached hydrogens (primary N) is 1. The lowest BCUT2D eigenvalue weighted by molar-refractivity contribution is 0.0533. The quantitative estimate of drug-likeness (QED) is 0.730. The smallest absolute Gasteiger partial charge is 0.0824 e. The molecule has 0 radical (unpaired) electrons. The molecule has 0 bridgehead atoms. The Bertz CT molecular complexity index is 182. The summed E-state index contributed by atoms with van der Waals surface area (Å²) in [5.74, 6) is 0.950. The molecule has 82 valence electrons. The second-order valence-corrected chi connectivity index (χ2v) is 4.66. The fourth-order valence-electron chi connectivity index (χ4n) is 2.31. The lowest BCUT2D eigenvalue weighted by Crippen LogP contribution is -2.41. The number of hydrogen-bond acceptors (Lipinski definition) is 3. The topological polar surface area (TPSA) is 38.5 Å². The lowest BCUT2D eigenvalue weighted by atomic mass is 10.1. The van der Waals surface area contributed by atoms with Gasteiger partial charge in [0.1, 0.15) is 0 Å². The van der Waals surface area contributed by atoms with Crippen molar-refractivity contribution in [3.63, 3.8) is 0 Å². The van der Waals surface area contributed by atoms with Crippen molar-refractivity contribution in [2.45, 2.75) is 38.3 Å². The first kappa shape index (κ1) is 10.4. The first-order valence-electron chi connectivity index (χ1n) is 5.87. The minimum atomic E-state index is 0.263. The zero-order valence-corrected chi connectivity index (χ0v) is 9.11. The number of rotatable bonds is 3. The van der Waals surface area contributed by atoms with Gasteiger partial charge < -0.3 is 10.5 Å². The molecule has 3 nitrogen and oxygen atoms in total. The molecule has 3 heteroatoms. The van der Waals surface area contributed by atoms with E-state index in [1.807, 2.05) is 0 Å². The molecule has 0 amide bonds. The molecule has 1 saturated heterocycles. The average molecular weight is 198 g/mol. The van der Waals surface area contributed by atoms with Gasteiger partial charge in [-0.25, -0.2) is 0 Å². The van der Waals surface area contributed by atoms with Crippen LogP contribution < -0.4 is 5.73 Å². The monoisotopic (exact) mass is 198 g/mol. The SMILES string of the molecule is CC(C1CC1)N1CCCOC(CN)C1. The van der Waals surface area contributed by atoms with Crippen LogP contribution in [0, 0.1) is 5.92 Å².